The van der Waals surface area contributed by atoms with Crippen LogP contribution in [0.5, 0.6) is 0 Å². The second kappa shape index (κ2) is 6.42. The van der Waals surface area contributed by atoms with Crippen LogP contribution in [0.3, 0.4) is 0 Å². The van der Waals surface area contributed by atoms with E-state index in [0.717, 1.165) is 5.56 Å². The Morgan fingerprint density at radius 1 is 1.36 bits per heavy atom. The maximum absolute atomic E-state index is 10.9. The summed E-state index contributed by atoms with van der Waals surface area (Å²) < 4.78 is 5.79. The standard InChI is InChI=1S/C14H12Cl2N2O3S/c15-11-5-10(18(19)20)6-12(16)14(11)17-2-3-21-13(7-17)9-1-4-22-8-9/h1,4-6,8,13H,2-3,7H2. The number of ether oxygens (including phenoxy) is 1. The predicted molar refractivity (Wildman–Crippen MR) is 88.3 cm³/mol. The molecular formula is C14H12Cl2N2O3S. The summed E-state index contributed by atoms with van der Waals surface area (Å²) in [5.41, 5.74) is 1.63. The number of nitrogens with zero attached hydrogens (tertiary/aromatic N) is 2. The fourth-order valence-corrected chi connectivity index (χ4v) is 3.89. The summed E-state index contributed by atoms with van der Waals surface area (Å²) in [5.74, 6) is 0. The molecule has 0 N–H and O–H groups in total. The number of benzene rings is 1. The van der Waals surface area contributed by atoms with Gasteiger partial charge in [-0.2, -0.15) is 11.3 Å². The van der Waals surface area contributed by atoms with Gasteiger partial charge in [0, 0.05) is 25.2 Å². The Kier molecular flexibility index (Phi) is 4.54. The molecule has 8 heteroatoms. The van der Waals surface area contributed by atoms with Crippen LogP contribution in [-0.4, -0.2) is 24.6 Å². The van der Waals surface area contributed by atoms with Crippen molar-refractivity contribution >= 4 is 45.9 Å². The molecule has 1 aromatic carbocycles. The molecule has 3 rings (SSSR count). The van der Waals surface area contributed by atoms with Crippen LogP contribution in [0.15, 0.2) is 29.0 Å². The fraction of sp³-hybridized carbons (Fsp3) is 0.286. The highest BCUT2D eigenvalue weighted by Gasteiger charge is 2.26. The normalized spacial score (nSPS) is 18.5. The number of hydrogen-bond acceptors (Lipinski definition) is 5. The Balaban J connectivity index is 1.89. The lowest BCUT2D eigenvalue weighted by Gasteiger charge is -2.35. The summed E-state index contributed by atoms with van der Waals surface area (Å²) in [4.78, 5) is 12.4. The molecule has 2 aromatic rings. The van der Waals surface area contributed by atoms with Gasteiger partial charge in [0.2, 0.25) is 0 Å². The van der Waals surface area contributed by atoms with E-state index in [1.165, 1.54) is 12.1 Å². The summed E-state index contributed by atoms with van der Waals surface area (Å²) in [6.45, 7) is 1.79. The van der Waals surface area contributed by atoms with Crippen LogP contribution in [-0.2, 0) is 4.74 Å². The number of nitro groups is 1. The van der Waals surface area contributed by atoms with Crippen LogP contribution >= 0.6 is 34.5 Å². The van der Waals surface area contributed by atoms with Crippen LogP contribution in [0.2, 0.25) is 10.0 Å². The van der Waals surface area contributed by atoms with Gasteiger partial charge in [0.1, 0.15) is 6.10 Å². The topological polar surface area (TPSA) is 55.6 Å². The minimum Gasteiger partial charge on any atom is -0.370 e. The number of rotatable bonds is 3. The SMILES string of the molecule is O=[N+]([O-])c1cc(Cl)c(N2CCOC(c3ccsc3)C2)c(Cl)c1. The summed E-state index contributed by atoms with van der Waals surface area (Å²) >= 11 is 14.0. The van der Waals surface area contributed by atoms with E-state index >= 15 is 0 Å². The van der Waals surface area contributed by atoms with Crippen molar-refractivity contribution in [2.24, 2.45) is 0 Å². The number of non-ortho nitro benzene ring substituents is 1. The zero-order valence-electron chi connectivity index (χ0n) is 11.4. The molecule has 1 aliphatic heterocycles. The third kappa shape index (κ3) is 3.05. The molecule has 0 amide bonds. The van der Waals surface area contributed by atoms with Gasteiger partial charge in [0.25, 0.3) is 5.69 Å². The maximum atomic E-state index is 10.9. The molecule has 0 radical (unpaired) electrons. The van der Waals surface area contributed by atoms with Gasteiger partial charge in [-0.1, -0.05) is 23.2 Å². The second-order valence-corrected chi connectivity index (χ2v) is 6.47. The van der Waals surface area contributed by atoms with E-state index in [2.05, 4.69) is 0 Å². The van der Waals surface area contributed by atoms with Crippen molar-refractivity contribution in [2.75, 3.05) is 24.6 Å². The molecular weight excluding hydrogens is 347 g/mol. The zero-order chi connectivity index (χ0) is 15.7. The Morgan fingerprint density at radius 2 is 2.09 bits per heavy atom. The lowest BCUT2D eigenvalue weighted by atomic mass is 10.1. The van der Waals surface area contributed by atoms with E-state index in [1.54, 1.807) is 11.3 Å². The van der Waals surface area contributed by atoms with Crippen molar-refractivity contribution in [1.82, 2.24) is 0 Å². The van der Waals surface area contributed by atoms with E-state index in [1.807, 2.05) is 21.7 Å². The zero-order valence-corrected chi connectivity index (χ0v) is 13.7. The van der Waals surface area contributed by atoms with E-state index in [9.17, 15) is 10.1 Å². The number of thiophene rings is 1. The number of hydrogen-bond donors (Lipinski definition) is 0. The minimum atomic E-state index is -0.505. The Labute approximate surface area is 141 Å². The monoisotopic (exact) mass is 358 g/mol. The third-order valence-corrected chi connectivity index (χ3v) is 4.79. The lowest BCUT2D eigenvalue weighted by molar-refractivity contribution is -0.384. The Hall–Kier alpha value is -1.34. The highest BCUT2D eigenvalue weighted by atomic mass is 35.5. The fourth-order valence-electron chi connectivity index (χ4n) is 2.47. The molecule has 1 saturated heterocycles. The second-order valence-electron chi connectivity index (χ2n) is 4.88. The Bertz CT molecular complexity index is 670. The molecule has 1 aromatic heterocycles. The van der Waals surface area contributed by atoms with Gasteiger partial charge in [-0.3, -0.25) is 10.1 Å². The molecule has 2 heterocycles. The van der Waals surface area contributed by atoms with E-state index < -0.39 is 4.92 Å². The Morgan fingerprint density at radius 3 is 2.68 bits per heavy atom. The molecule has 0 bridgehead atoms. The summed E-state index contributed by atoms with van der Waals surface area (Å²) in [7, 11) is 0. The quantitative estimate of drug-likeness (QED) is 0.596. The molecule has 0 aliphatic carbocycles. The van der Waals surface area contributed by atoms with Gasteiger partial charge < -0.3 is 9.64 Å². The highest BCUT2D eigenvalue weighted by molar-refractivity contribution is 7.07. The largest absolute Gasteiger partial charge is 0.370 e. The summed E-state index contributed by atoms with van der Waals surface area (Å²) in [5, 5.41) is 15.5. The van der Waals surface area contributed by atoms with Gasteiger partial charge in [0.05, 0.1) is 27.3 Å². The average Bonchev–Trinajstić information content (AvgIpc) is 3.01. The highest BCUT2D eigenvalue weighted by Crippen LogP contribution is 2.39. The third-order valence-electron chi connectivity index (χ3n) is 3.51. The molecule has 5 nitrogen and oxygen atoms in total. The van der Waals surface area contributed by atoms with Crippen molar-refractivity contribution in [3.8, 4) is 0 Å². The number of anilines is 1. The minimum absolute atomic E-state index is 0.0534. The van der Waals surface area contributed by atoms with E-state index in [4.69, 9.17) is 27.9 Å². The maximum Gasteiger partial charge on any atom is 0.272 e. The molecule has 1 unspecified atom stereocenters. The number of halogens is 2. The molecule has 0 spiro atoms. The first kappa shape index (κ1) is 15.6. The van der Waals surface area contributed by atoms with Crippen LogP contribution < -0.4 is 4.90 Å². The van der Waals surface area contributed by atoms with Gasteiger partial charge in [-0.25, -0.2) is 0 Å². The van der Waals surface area contributed by atoms with Crippen molar-refractivity contribution in [3.05, 3.63) is 54.7 Å². The van der Waals surface area contributed by atoms with Crippen LogP contribution in [0, 0.1) is 10.1 Å². The van der Waals surface area contributed by atoms with E-state index in [0.29, 0.717) is 25.4 Å². The first-order chi connectivity index (χ1) is 10.6. The van der Waals surface area contributed by atoms with Gasteiger partial charge in [-0.05, 0) is 22.4 Å². The smallest absolute Gasteiger partial charge is 0.272 e. The first-order valence-corrected chi connectivity index (χ1v) is 8.28. The van der Waals surface area contributed by atoms with Crippen LogP contribution in [0.1, 0.15) is 11.7 Å². The van der Waals surface area contributed by atoms with Crippen molar-refractivity contribution in [2.45, 2.75) is 6.10 Å². The number of nitro benzene ring substituents is 1. The van der Waals surface area contributed by atoms with Crippen molar-refractivity contribution < 1.29 is 9.66 Å². The van der Waals surface area contributed by atoms with Crippen LogP contribution in [0.25, 0.3) is 0 Å². The average molecular weight is 359 g/mol. The first-order valence-electron chi connectivity index (χ1n) is 6.58. The molecule has 1 fully saturated rings. The molecule has 0 saturated carbocycles. The van der Waals surface area contributed by atoms with Gasteiger partial charge in [0.15, 0.2) is 0 Å². The van der Waals surface area contributed by atoms with Gasteiger partial charge >= 0.3 is 0 Å². The van der Waals surface area contributed by atoms with E-state index in [-0.39, 0.29) is 21.8 Å². The summed E-state index contributed by atoms with van der Waals surface area (Å²) in [6, 6.07) is 4.69. The van der Waals surface area contributed by atoms with Crippen molar-refractivity contribution in [3.63, 3.8) is 0 Å². The molecule has 22 heavy (non-hydrogen) atoms. The molecule has 1 aliphatic rings. The lowest BCUT2D eigenvalue weighted by Crippen LogP contribution is -2.38. The number of morpholine rings is 1. The summed E-state index contributed by atoms with van der Waals surface area (Å²) in [6.07, 6.45) is -0.0534. The molecule has 1 atom stereocenters. The van der Waals surface area contributed by atoms with Crippen molar-refractivity contribution in [1.29, 1.82) is 0 Å². The predicted octanol–water partition coefficient (Wildman–Crippen LogP) is 4.54. The molecule has 116 valence electrons. The van der Waals surface area contributed by atoms with Crippen LogP contribution in [0.4, 0.5) is 11.4 Å². The van der Waals surface area contributed by atoms with Gasteiger partial charge in [-0.15, -0.1) is 0 Å².